The lowest BCUT2D eigenvalue weighted by molar-refractivity contribution is -0.123. The van der Waals surface area contributed by atoms with Gasteiger partial charge in [-0.1, -0.05) is 0 Å². The first-order valence-electron chi connectivity index (χ1n) is 4.21. The molecule has 0 bridgehead atoms. The Bertz CT molecular complexity index is 207. The van der Waals surface area contributed by atoms with Gasteiger partial charge in [0.2, 0.25) is 11.8 Å². The van der Waals surface area contributed by atoms with Gasteiger partial charge in [0.25, 0.3) is 0 Å². The maximum absolute atomic E-state index is 10.9. The van der Waals surface area contributed by atoms with E-state index in [1.165, 1.54) is 0 Å². The first kappa shape index (κ1) is 9.94. The molecule has 0 aromatic heterocycles. The number of amides is 2. The molecule has 1 aliphatic rings. The number of rotatable bonds is 2. The molecule has 0 saturated carbocycles. The maximum atomic E-state index is 10.9. The Morgan fingerprint density at radius 1 is 1.62 bits per heavy atom. The second kappa shape index (κ2) is 4.78. The van der Waals surface area contributed by atoms with Crippen molar-refractivity contribution < 1.29 is 9.59 Å². The minimum atomic E-state index is -0.227. The van der Waals surface area contributed by atoms with Crippen LogP contribution < -0.4 is 16.6 Å². The van der Waals surface area contributed by atoms with Crippen LogP contribution >= 0.6 is 0 Å². The summed E-state index contributed by atoms with van der Waals surface area (Å²) in [6.07, 6.45) is 0.442. The third-order valence-corrected chi connectivity index (χ3v) is 1.93. The predicted octanol–water partition coefficient (Wildman–Crippen LogP) is -2.20. The number of hydrogen-bond donors (Lipinski definition) is 3. The Morgan fingerprint density at radius 3 is 3.08 bits per heavy atom. The highest BCUT2D eigenvalue weighted by Crippen LogP contribution is 1.95. The molecule has 0 aromatic rings. The Kier molecular flexibility index (Phi) is 3.66. The molecule has 1 saturated heterocycles. The van der Waals surface area contributed by atoms with E-state index >= 15 is 0 Å². The van der Waals surface area contributed by atoms with Crippen LogP contribution in [0.15, 0.2) is 0 Å². The molecule has 2 amide bonds. The monoisotopic (exact) mass is 186 g/mol. The summed E-state index contributed by atoms with van der Waals surface area (Å²) in [5, 5.41) is 2.72. The SMILES string of the molecule is NNC(=O)CN1CCNC(=O)CC1. The lowest BCUT2D eigenvalue weighted by atomic mass is 10.4. The molecule has 0 aliphatic carbocycles. The van der Waals surface area contributed by atoms with Crippen LogP contribution in [-0.4, -0.2) is 42.9 Å². The molecular formula is C7H14N4O2. The van der Waals surface area contributed by atoms with E-state index in [4.69, 9.17) is 5.84 Å². The predicted molar refractivity (Wildman–Crippen MR) is 46.4 cm³/mol. The van der Waals surface area contributed by atoms with Crippen molar-refractivity contribution in [1.82, 2.24) is 15.6 Å². The van der Waals surface area contributed by atoms with E-state index in [0.29, 0.717) is 26.1 Å². The number of carbonyl (C=O) groups is 2. The van der Waals surface area contributed by atoms with Crippen LogP contribution in [0.5, 0.6) is 0 Å². The minimum Gasteiger partial charge on any atom is -0.355 e. The standard InChI is InChI=1S/C7H14N4O2/c8-10-7(13)5-11-3-1-6(12)9-2-4-11/h1-5,8H2,(H,9,12)(H,10,13). The number of hydrazine groups is 1. The Balaban J connectivity index is 2.33. The van der Waals surface area contributed by atoms with Crippen LogP contribution in [0, 0.1) is 0 Å². The Hall–Kier alpha value is -1.14. The van der Waals surface area contributed by atoms with Crippen molar-refractivity contribution in [3.05, 3.63) is 0 Å². The molecule has 0 radical (unpaired) electrons. The fourth-order valence-corrected chi connectivity index (χ4v) is 1.22. The highest BCUT2D eigenvalue weighted by Gasteiger charge is 2.14. The van der Waals surface area contributed by atoms with E-state index < -0.39 is 0 Å². The van der Waals surface area contributed by atoms with Gasteiger partial charge in [0.05, 0.1) is 6.54 Å². The van der Waals surface area contributed by atoms with Gasteiger partial charge in [-0.2, -0.15) is 0 Å². The lowest BCUT2D eigenvalue weighted by Crippen LogP contribution is -2.41. The van der Waals surface area contributed by atoms with Crippen LogP contribution in [0.3, 0.4) is 0 Å². The van der Waals surface area contributed by atoms with Crippen molar-refractivity contribution >= 4 is 11.8 Å². The molecule has 4 N–H and O–H groups in total. The summed E-state index contributed by atoms with van der Waals surface area (Å²) in [5.74, 6) is 4.76. The van der Waals surface area contributed by atoms with Gasteiger partial charge in [0, 0.05) is 26.1 Å². The zero-order valence-corrected chi connectivity index (χ0v) is 7.38. The van der Waals surface area contributed by atoms with Gasteiger partial charge in [-0.15, -0.1) is 0 Å². The van der Waals surface area contributed by atoms with E-state index in [0.717, 1.165) is 0 Å². The molecule has 6 heteroatoms. The molecule has 1 heterocycles. The summed E-state index contributed by atoms with van der Waals surface area (Å²) in [6, 6.07) is 0. The average Bonchev–Trinajstić information content (AvgIpc) is 2.31. The van der Waals surface area contributed by atoms with Gasteiger partial charge in [-0.05, 0) is 0 Å². The Labute approximate surface area is 76.4 Å². The normalized spacial score (nSPS) is 19.0. The van der Waals surface area contributed by atoms with E-state index in [2.05, 4.69) is 10.7 Å². The molecule has 0 spiro atoms. The third-order valence-electron chi connectivity index (χ3n) is 1.93. The van der Waals surface area contributed by atoms with Crippen LogP contribution in [-0.2, 0) is 9.59 Å². The minimum absolute atomic E-state index is 0.0376. The van der Waals surface area contributed by atoms with E-state index in [9.17, 15) is 9.59 Å². The Morgan fingerprint density at radius 2 is 2.38 bits per heavy atom. The highest BCUT2D eigenvalue weighted by molar-refractivity contribution is 5.78. The second-order valence-electron chi connectivity index (χ2n) is 2.94. The van der Waals surface area contributed by atoms with Crippen molar-refractivity contribution in [1.29, 1.82) is 0 Å². The fraction of sp³-hybridized carbons (Fsp3) is 0.714. The first-order chi connectivity index (χ1) is 6.22. The lowest BCUT2D eigenvalue weighted by Gasteiger charge is -2.16. The molecule has 1 aliphatic heterocycles. The van der Waals surface area contributed by atoms with E-state index in [-0.39, 0.29) is 18.4 Å². The van der Waals surface area contributed by atoms with Gasteiger partial charge in [-0.25, -0.2) is 5.84 Å². The smallest absolute Gasteiger partial charge is 0.248 e. The molecule has 6 nitrogen and oxygen atoms in total. The number of nitrogens with two attached hydrogens (primary N) is 1. The molecule has 1 fully saturated rings. The van der Waals surface area contributed by atoms with Crippen molar-refractivity contribution in [2.45, 2.75) is 6.42 Å². The summed E-state index contributed by atoms with van der Waals surface area (Å²) in [4.78, 5) is 23.7. The molecule has 0 atom stereocenters. The molecule has 0 unspecified atom stereocenters. The number of nitrogens with one attached hydrogen (secondary N) is 2. The summed E-state index contributed by atoms with van der Waals surface area (Å²) >= 11 is 0. The summed E-state index contributed by atoms with van der Waals surface area (Å²) in [5.41, 5.74) is 2.06. The topological polar surface area (TPSA) is 87.5 Å². The molecular weight excluding hydrogens is 172 g/mol. The van der Waals surface area contributed by atoms with Gasteiger partial charge >= 0.3 is 0 Å². The molecule has 0 aromatic carbocycles. The van der Waals surface area contributed by atoms with Crippen LogP contribution in [0.2, 0.25) is 0 Å². The highest BCUT2D eigenvalue weighted by atomic mass is 16.2. The maximum Gasteiger partial charge on any atom is 0.248 e. The second-order valence-corrected chi connectivity index (χ2v) is 2.94. The largest absolute Gasteiger partial charge is 0.355 e. The molecule has 1 rings (SSSR count). The first-order valence-corrected chi connectivity index (χ1v) is 4.21. The van der Waals surface area contributed by atoms with Crippen LogP contribution in [0.1, 0.15) is 6.42 Å². The van der Waals surface area contributed by atoms with E-state index in [1.807, 2.05) is 4.90 Å². The van der Waals surface area contributed by atoms with Gasteiger partial charge in [0.15, 0.2) is 0 Å². The zero-order chi connectivity index (χ0) is 9.68. The van der Waals surface area contributed by atoms with Crippen molar-refractivity contribution in [3.8, 4) is 0 Å². The van der Waals surface area contributed by atoms with Gasteiger partial charge < -0.3 is 5.32 Å². The number of nitrogens with zero attached hydrogens (tertiary/aromatic N) is 1. The zero-order valence-electron chi connectivity index (χ0n) is 7.38. The summed E-state index contributed by atoms with van der Waals surface area (Å²) in [6.45, 7) is 2.15. The fourth-order valence-electron chi connectivity index (χ4n) is 1.22. The van der Waals surface area contributed by atoms with Gasteiger partial charge in [-0.3, -0.25) is 19.9 Å². The third kappa shape index (κ3) is 3.39. The molecule has 74 valence electrons. The van der Waals surface area contributed by atoms with Crippen LogP contribution in [0.25, 0.3) is 0 Å². The summed E-state index contributed by atoms with van der Waals surface area (Å²) < 4.78 is 0. The van der Waals surface area contributed by atoms with Crippen molar-refractivity contribution in [2.24, 2.45) is 5.84 Å². The number of hydrogen-bond acceptors (Lipinski definition) is 4. The van der Waals surface area contributed by atoms with Crippen molar-refractivity contribution in [2.75, 3.05) is 26.2 Å². The van der Waals surface area contributed by atoms with Crippen LogP contribution in [0.4, 0.5) is 0 Å². The number of carbonyl (C=O) groups excluding carboxylic acids is 2. The quantitative estimate of drug-likeness (QED) is 0.259. The van der Waals surface area contributed by atoms with Crippen molar-refractivity contribution in [3.63, 3.8) is 0 Å². The average molecular weight is 186 g/mol. The summed E-state index contributed by atoms with van der Waals surface area (Å²) in [7, 11) is 0. The molecule has 13 heavy (non-hydrogen) atoms. The van der Waals surface area contributed by atoms with E-state index in [1.54, 1.807) is 0 Å². The van der Waals surface area contributed by atoms with Gasteiger partial charge in [0.1, 0.15) is 0 Å².